The summed E-state index contributed by atoms with van der Waals surface area (Å²) >= 11 is 6.01. The Balaban J connectivity index is 1.32. The molecule has 0 radical (unpaired) electrons. The summed E-state index contributed by atoms with van der Waals surface area (Å²) in [5, 5.41) is 14.1. The fourth-order valence-electron chi connectivity index (χ4n) is 6.25. The van der Waals surface area contributed by atoms with Gasteiger partial charge < -0.3 is 15.3 Å². The first-order valence-corrected chi connectivity index (χ1v) is 13.8. The van der Waals surface area contributed by atoms with Crippen molar-refractivity contribution in [1.82, 2.24) is 19.9 Å². The van der Waals surface area contributed by atoms with Crippen molar-refractivity contribution in [3.05, 3.63) is 28.9 Å². The van der Waals surface area contributed by atoms with Crippen molar-refractivity contribution in [2.75, 3.05) is 29.9 Å². The van der Waals surface area contributed by atoms with Crippen LogP contribution in [-0.2, 0) is 17.2 Å². The minimum absolute atomic E-state index is 0.0494. The number of aliphatic hydroxyl groups is 1. The van der Waals surface area contributed by atoms with E-state index in [1.807, 2.05) is 13.8 Å². The molecule has 2 unspecified atom stereocenters. The van der Waals surface area contributed by atoms with Gasteiger partial charge in [-0.25, -0.2) is 15.0 Å². The van der Waals surface area contributed by atoms with Gasteiger partial charge in [0.25, 0.3) is 0 Å². The first-order chi connectivity index (χ1) is 16.3. The Labute approximate surface area is 207 Å². The minimum Gasteiger partial charge on any atom is -0.394 e. The quantitative estimate of drug-likeness (QED) is 0.641. The van der Waals surface area contributed by atoms with Crippen LogP contribution in [0.3, 0.4) is 0 Å². The highest BCUT2D eigenvalue weighted by Gasteiger charge is 2.47. The molecule has 2 aliphatic carbocycles. The van der Waals surface area contributed by atoms with Crippen LogP contribution in [0.15, 0.2) is 17.3 Å². The zero-order valence-corrected chi connectivity index (χ0v) is 21.2. The molecule has 8 nitrogen and oxygen atoms in total. The molecule has 2 N–H and O–H groups in total. The number of aliphatic hydroxyl groups excluding tert-OH is 1. The summed E-state index contributed by atoms with van der Waals surface area (Å²) in [6.45, 7) is 5.80. The Morgan fingerprint density at radius 2 is 1.85 bits per heavy atom. The van der Waals surface area contributed by atoms with Gasteiger partial charge in [-0.1, -0.05) is 11.6 Å². The van der Waals surface area contributed by atoms with Crippen LogP contribution < -0.4 is 10.2 Å². The van der Waals surface area contributed by atoms with E-state index in [-0.39, 0.29) is 16.9 Å². The van der Waals surface area contributed by atoms with Crippen molar-refractivity contribution in [2.24, 2.45) is 11.8 Å². The number of nitrogens with one attached hydrogen (secondary N) is 1. The van der Waals surface area contributed by atoms with E-state index >= 15 is 0 Å². The third-order valence-electron chi connectivity index (χ3n) is 8.26. The van der Waals surface area contributed by atoms with E-state index in [1.165, 1.54) is 0 Å². The maximum absolute atomic E-state index is 13.3. The average molecular weight is 503 g/mol. The average Bonchev–Trinajstić information content (AvgIpc) is 3.18. The molecule has 3 fully saturated rings. The first-order valence-electron chi connectivity index (χ1n) is 12.2. The third-order valence-corrected chi connectivity index (χ3v) is 10.4. The molecule has 0 amide bonds. The van der Waals surface area contributed by atoms with Gasteiger partial charge in [-0.2, -0.15) is 4.98 Å². The zero-order chi connectivity index (χ0) is 23.7. The summed E-state index contributed by atoms with van der Waals surface area (Å²) in [7, 11) is -1.20. The molecule has 6 rings (SSSR count). The predicted octanol–water partition coefficient (Wildman–Crippen LogP) is 3.32. The lowest BCUT2D eigenvalue weighted by Gasteiger charge is -2.42. The van der Waals surface area contributed by atoms with E-state index < -0.39 is 10.8 Å². The number of rotatable bonds is 5. The van der Waals surface area contributed by atoms with Gasteiger partial charge in [0.2, 0.25) is 5.95 Å². The second kappa shape index (κ2) is 8.10. The molecule has 2 bridgehead atoms. The smallest absolute Gasteiger partial charge is 0.227 e. The number of hydrogen-bond donors (Lipinski definition) is 2. The van der Waals surface area contributed by atoms with Crippen LogP contribution in [0, 0.1) is 11.8 Å². The Hall–Kier alpha value is -1.84. The van der Waals surface area contributed by atoms with Crippen LogP contribution in [0.5, 0.6) is 0 Å². The minimum atomic E-state index is -1.20. The van der Waals surface area contributed by atoms with Crippen LogP contribution in [0.1, 0.15) is 63.4 Å². The Morgan fingerprint density at radius 1 is 1.18 bits per heavy atom. The van der Waals surface area contributed by atoms with Gasteiger partial charge in [-0.05, 0) is 57.8 Å². The largest absolute Gasteiger partial charge is 0.394 e. The fraction of sp³-hybridized carbons (Fsp3) is 0.667. The highest BCUT2D eigenvalue weighted by molar-refractivity contribution is 7.87. The van der Waals surface area contributed by atoms with E-state index in [0.29, 0.717) is 41.0 Å². The molecule has 2 aromatic heterocycles. The van der Waals surface area contributed by atoms with Crippen molar-refractivity contribution in [3.63, 3.8) is 0 Å². The topological polar surface area (TPSA) is 104 Å². The SMILES string of the molecule is CC1(C)Cc2nc(N3CC4CCC(C3)C4c3ncc(Cl)cn3)nc(NC3(CO)CCC3)c2[S@@]1=O. The van der Waals surface area contributed by atoms with Crippen LogP contribution in [0.25, 0.3) is 0 Å². The second-order valence-corrected chi connectivity index (χ2v) is 13.5. The molecule has 3 atom stereocenters. The van der Waals surface area contributed by atoms with Gasteiger partial charge >= 0.3 is 0 Å². The summed E-state index contributed by atoms with van der Waals surface area (Å²) in [4.78, 5) is 22.0. The number of nitrogens with zero attached hydrogens (tertiary/aromatic N) is 5. The van der Waals surface area contributed by atoms with E-state index in [1.54, 1.807) is 12.4 Å². The molecule has 2 aromatic rings. The molecule has 0 spiro atoms. The molecule has 0 aromatic carbocycles. The van der Waals surface area contributed by atoms with Crippen molar-refractivity contribution in [2.45, 2.75) is 73.5 Å². The number of anilines is 2. The number of halogens is 1. The number of aromatic nitrogens is 4. The molecule has 2 aliphatic heterocycles. The van der Waals surface area contributed by atoms with Gasteiger partial charge in [0.05, 0.1) is 38.4 Å². The van der Waals surface area contributed by atoms with E-state index in [2.05, 4.69) is 20.2 Å². The first kappa shape index (κ1) is 22.6. The molecule has 182 valence electrons. The lowest BCUT2D eigenvalue weighted by molar-refractivity contribution is 0.143. The summed E-state index contributed by atoms with van der Waals surface area (Å²) in [5.41, 5.74) is 0.507. The monoisotopic (exact) mass is 502 g/mol. The van der Waals surface area contributed by atoms with Gasteiger partial charge in [0.15, 0.2) is 0 Å². The molecular weight excluding hydrogens is 472 g/mol. The zero-order valence-electron chi connectivity index (χ0n) is 19.6. The molecule has 1 saturated heterocycles. The summed E-state index contributed by atoms with van der Waals surface area (Å²) in [6, 6.07) is 0. The van der Waals surface area contributed by atoms with Gasteiger partial charge in [-0.15, -0.1) is 0 Å². The van der Waals surface area contributed by atoms with Gasteiger partial charge in [-0.3, -0.25) is 4.21 Å². The second-order valence-electron chi connectivity index (χ2n) is 11.1. The van der Waals surface area contributed by atoms with Crippen molar-refractivity contribution in [1.29, 1.82) is 0 Å². The van der Waals surface area contributed by atoms with Crippen LogP contribution in [0.4, 0.5) is 11.8 Å². The van der Waals surface area contributed by atoms with Gasteiger partial charge in [0, 0.05) is 37.8 Å². The summed E-state index contributed by atoms with van der Waals surface area (Å²) < 4.78 is 13.0. The lowest BCUT2D eigenvalue weighted by atomic mass is 9.77. The molecule has 10 heteroatoms. The van der Waals surface area contributed by atoms with Crippen LogP contribution >= 0.6 is 11.6 Å². The number of fused-ring (bicyclic) bond motifs is 3. The molecule has 34 heavy (non-hydrogen) atoms. The number of hydrogen-bond acceptors (Lipinski definition) is 8. The predicted molar refractivity (Wildman–Crippen MR) is 132 cm³/mol. The summed E-state index contributed by atoms with van der Waals surface area (Å²) in [5.74, 6) is 3.45. The van der Waals surface area contributed by atoms with Crippen molar-refractivity contribution < 1.29 is 9.32 Å². The lowest BCUT2D eigenvalue weighted by Crippen LogP contribution is -2.49. The third kappa shape index (κ3) is 3.62. The van der Waals surface area contributed by atoms with Gasteiger partial charge in [0.1, 0.15) is 16.5 Å². The Kier molecular flexibility index (Phi) is 5.39. The number of piperidine rings is 1. The van der Waals surface area contributed by atoms with Crippen LogP contribution in [-0.4, -0.2) is 59.2 Å². The Bertz CT molecular complexity index is 1120. The molecule has 4 aliphatic rings. The van der Waals surface area contributed by atoms with Crippen LogP contribution in [0.2, 0.25) is 5.02 Å². The molecule has 4 heterocycles. The van der Waals surface area contributed by atoms with E-state index in [9.17, 15) is 9.32 Å². The summed E-state index contributed by atoms with van der Waals surface area (Å²) in [6.07, 6.45) is 9.18. The van der Waals surface area contributed by atoms with E-state index in [0.717, 1.165) is 61.6 Å². The standard InChI is InChI=1S/C24H31ClN6O2S/c1-23(2)8-17-19(34(23)33)21(30-24(13-32)6-3-7-24)29-22(28-17)31-11-14-4-5-15(12-31)18(14)20-26-9-16(25)10-27-20/h9-10,14-15,18,32H,3-8,11-13H2,1-2H3,(H,28,29,30)/t14?,15?,18?,34-/m0/s1. The molecular formula is C24H31ClN6O2S. The maximum Gasteiger partial charge on any atom is 0.227 e. The fourth-order valence-corrected chi connectivity index (χ4v) is 7.77. The van der Waals surface area contributed by atoms with Crippen molar-refractivity contribution >= 4 is 34.2 Å². The molecule has 2 saturated carbocycles. The highest BCUT2D eigenvalue weighted by atomic mass is 35.5. The maximum atomic E-state index is 13.3. The highest BCUT2D eigenvalue weighted by Crippen LogP contribution is 2.48. The van der Waals surface area contributed by atoms with E-state index in [4.69, 9.17) is 21.6 Å². The normalized spacial score (nSPS) is 30.6. The van der Waals surface area contributed by atoms with Crippen molar-refractivity contribution in [3.8, 4) is 0 Å². The Morgan fingerprint density at radius 3 is 2.44 bits per heavy atom.